The van der Waals surface area contributed by atoms with E-state index in [1.807, 2.05) is 30.3 Å². The number of rotatable bonds is 5. The molecule has 0 aliphatic carbocycles. The van der Waals surface area contributed by atoms with Gasteiger partial charge in [-0.1, -0.05) is 18.2 Å². The third-order valence-electron chi connectivity index (χ3n) is 4.29. The summed E-state index contributed by atoms with van der Waals surface area (Å²) < 4.78 is 41.6. The first-order valence-corrected chi connectivity index (χ1v) is 8.35. The van der Waals surface area contributed by atoms with Crippen molar-refractivity contribution in [1.82, 2.24) is 25.3 Å². The molecule has 1 fully saturated rings. The minimum Gasteiger partial charge on any atom is -0.350 e. The second-order valence-electron chi connectivity index (χ2n) is 6.06. The van der Waals surface area contributed by atoms with Crippen molar-refractivity contribution >= 4 is 5.91 Å². The number of nitrogens with zero attached hydrogens (tertiary/aromatic N) is 3. The van der Waals surface area contributed by atoms with Gasteiger partial charge >= 0.3 is 6.18 Å². The Hall–Kier alpha value is -2.39. The number of amides is 1. The van der Waals surface area contributed by atoms with E-state index in [0.29, 0.717) is 26.2 Å². The van der Waals surface area contributed by atoms with Crippen LogP contribution in [-0.4, -0.2) is 65.5 Å². The van der Waals surface area contributed by atoms with E-state index in [1.165, 1.54) is 22.0 Å². The number of piperazine rings is 1. The van der Waals surface area contributed by atoms with Gasteiger partial charge in [-0.05, 0) is 12.1 Å². The molecule has 2 aromatic rings. The molecule has 0 spiro atoms. The summed E-state index contributed by atoms with van der Waals surface area (Å²) in [6.45, 7) is 1.12. The van der Waals surface area contributed by atoms with Crippen LogP contribution in [0.3, 0.4) is 0 Å². The maximum absolute atomic E-state index is 13.4. The van der Waals surface area contributed by atoms with Crippen LogP contribution in [-0.2, 0) is 0 Å². The van der Waals surface area contributed by atoms with Crippen LogP contribution in [0.1, 0.15) is 10.4 Å². The molecule has 26 heavy (non-hydrogen) atoms. The molecule has 0 bridgehead atoms. The van der Waals surface area contributed by atoms with E-state index in [0.717, 1.165) is 5.69 Å². The number of alkyl halides is 3. The summed E-state index contributed by atoms with van der Waals surface area (Å²) in [5, 5.41) is 9.50. The molecule has 3 rings (SSSR count). The van der Waals surface area contributed by atoms with Crippen molar-refractivity contribution in [3.63, 3.8) is 0 Å². The van der Waals surface area contributed by atoms with Crippen molar-refractivity contribution in [3.8, 4) is 5.69 Å². The molecule has 0 radical (unpaired) electrons. The first kappa shape index (κ1) is 18.4. The standard InChI is InChI=1S/C17H20F3N5O/c18-17(19,20)15(24-8-6-21-7-9-24)11-22-16(26)13-10-23-25(12-13)14-4-2-1-3-5-14/h1-5,10,12,15,21H,6-9,11H2,(H,22,26). The smallest absolute Gasteiger partial charge is 0.350 e. The van der Waals surface area contributed by atoms with Crippen LogP contribution < -0.4 is 10.6 Å². The summed E-state index contributed by atoms with van der Waals surface area (Å²) in [5.74, 6) is -0.573. The Balaban J connectivity index is 1.64. The minimum atomic E-state index is -4.40. The zero-order valence-corrected chi connectivity index (χ0v) is 14.0. The average molecular weight is 367 g/mol. The van der Waals surface area contributed by atoms with Crippen LogP contribution >= 0.6 is 0 Å². The molecule has 2 heterocycles. The van der Waals surface area contributed by atoms with Gasteiger partial charge in [0.2, 0.25) is 0 Å². The first-order chi connectivity index (χ1) is 12.4. The summed E-state index contributed by atoms with van der Waals surface area (Å²) in [4.78, 5) is 13.6. The fourth-order valence-electron chi connectivity index (χ4n) is 2.90. The minimum absolute atomic E-state index is 0.218. The highest BCUT2D eigenvalue weighted by molar-refractivity contribution is 5.93. The third-order valence-corrected chi connectivity index (χ3v) is 4.29. The van der Waals surface area contributed by atoms with Gasteiger partial charge in [0, 0.05) is 38.9 Å². The van der Waals surface area contributed by atoms with E-state index in [2.05, 4.69) is 15.7 Å². The molecule has 1 unspecified atom stereocenters. The Labute approximate surface area is 149 Å². The van der Waals surface area contributed by atoms with Gasteiger partial charge in [0.1, 0.15) is 6.04 Å². The van der Waals surface area contributed by atoms with Gasteiger partial charge in [-0.25, -0.2) is 4.68 Å². The molecule has 1 aromatic heterocycles. The van der Waals surface area contributed by atoms with E-state index in [4.69, 9.17) is 0 Å². The van der Waals surface area contributed by atoms with Crippen LogP contribution in [0, 0.1) is 0 Å². The van der Waals surface area contributed by atoms with Gasteiger partial charge < -0.3 is 10.6 Å². The lowest BCUT2D eigenvalue weighted by Crippen LogP contribution is -2.57. The van der Waals surface area contributed by atoms with Crippen LogP contribution in [0.4, 0.5) is 13.2 Å². The lowest BCUT2D eigenvalue weighted by Gasteiger charge is -2.35. The SMILES string of the molecule is O=C(NCC(N1CCNCC1)C(F)(F)F)c1cnn(-c2ccccc2)c1. The number of hydrogen-bond acceptors (Lipinski definition) is 4. The van der Waals surface area contributed by atoms with E-state index < -0.39 is 24.7 Å². The van der Waals surface area contributed by atoms with Gasteiger partial charge in [-0.2, -0.15) is 18.3 Å². The Morgan fingerprint density at radius 3 is 2.58 bits per heavy atom. The molecule has 0 saturated carbocycles. The molecule has 1 saturated heterocycles. The summed E-state index contributed by atoms with van der Waals surface area (Å²) in [5.41, 5.74) is 0.982. The first-order valence-electron chi connectivity index (χ1n) is 8.35. The number of para-hydroxylation sites is 1. The third kappa shape index (κ3) is 4.41. The Kier molecular flexibility index (Phi) is 5.58. The van der Waals surface area contributed by atoms with Gasteiger partial charge in [-0.15, -0.1) is 0 Å². The van der Waals surface area contributed by atoms with Crippen LogP contribution in [0.2, 0.25) is 0 Å². The van der Waals surface area contributed by atoms with Crippen molar-refractivity contribution in [1.29, 1.82) is 0 Å². The molecule has 140 valence electrons. The fraction of sp³-hybridized carbons (Fsp3) is 0.412. The number of halogens is 3. The second kappa shape index (κ2) is 7.88. The maximum Gasteiger partial charge on any atom is 0.405 e. The summed E-state index contributed by atoms with van der Waals surface area (Å²) in [6, 6.07) is 7.46. The number of hydrogen-bond donors (Lipinski definition) is 2. The molecule has 1 aromatic carbocycles. The van der Waals surface area contributed by atoms with Crippen LogP contribution in [0.15, 0.2) is 42.7 Å². The van der Waals surface area contributed by atoms with Crippen molar-refractivity contribution in [2.24, 2.45) is 0 Å². The zero-order chi connectivity index (χ0) is 18.6. The normalized spacial score (nSPS) is 17.0. The summed E-state index contributed by atoms with van der Waals surface area (Å²) >= 11 is 0. The topological polar surface area (TPSA) is 62.2 Å². The number of nitrogens with one attached hydrogen (secondary N) is 2. The lowest BCUT2D eigenvalue weighted by atomic mass is 10.2. The predicted octanol–water partition coefficient (Wildman–Crippen LogP) is 1.44. The molecule has 1 aliphatic heterocycles. The van der Waals surface area contributed by atoms with Crippen molar-refractivity contribution in [2.75, 3.05) is 32.7 Å². The lowest BCUT2D eigenvalue weighted by molar-refractivity contribution is -0.183. The largest absolute Gasteiger partial charge is 0.405 e. The molecule has 2 N–H and O–H groups in total. The number of carbonyl (C=O) groups excluding carboxylic acids is 1. The fourth-order valence-corrected chi connectivity index (χ4v) is 2.90. The Bertz CT molecular complexity index is 725. The predicted molar refractivity (Wildman–Crippen MR) is 90.2 cm³/mol. The van der Waals surface area contributed by atoms with Gasteiger partial charge in [0.05, 0.1) is 17.4 Å². The molecule has 9 heteroatoms. The molecule has 1 aliphatic rings. The summed E-state index contributed by atoms with van der Waals surface area (Å²) in [7, 11) is 0. The molecule has 1 amide bonds. The number of benzene rings is 1. The van der Waals surface area contributed by atoms with E-state index in [-0.39, 0.29) is 5.56 Å². The van der Waals surface area contributed by atoms with Crippen molar-refractivity contribution < 1.29 is 18.0 Å². The average Bonchev–Trinajstić information content (AvgIpc) is 3.12. The highest BCUT2D eigenvalue weighted by atomic mass is 19.4. The summed E-state index contributed by atoms with van der Waals surface area (Å²) in [6.07, 6.45) is -1.56. The number of aromatic nitrogens is 2. The molecule has 1 atom stereocenters. The number of carbonyl (C=O) groups is 1. The monoisotopic (exact) mass is 367 g/mol. The van der Waals surface area contributed by atoms with Gasteiger partial charge in [0.15, 0.2) is 0 Å². The van der Waals surface area contributed by atoms with E-state index >= 15 is 0 Å². The Morgan fingerprint density at radius 2 is 1.92 bits per heavy atom. The second-order valence-corrected chi connectivity index (χ2v) is 6.06. The Morgan fingerprint density at radius 1 is 1.23 bits per heavy atom. The maximum atomic E-state index is 13.4. The highest BCUT2D eigenvalue weighted by Gasteiger charge is 2.43. The quantitative estimate of drug-likeness (QED) is 0.840. The highest BCUT2D eigenvalue weighted by Crippen LogP contribution is 2.24. The van der Waals surface area contributed by atoms with Gasteiger partial charge in [-0.3, -0.25) is 9.69 Å². The molecule has 6 nitrogen and oxygen atoms in total. The van der Waals surface area contributed by atoms with Crippen molar-refractivity contribution in [2.45, 2.75) is 12.2 Å². The van der Waals surface area contributed by atoms with Crippen molar-refractivity contribution in [3.05, 3.63) is 48.3 Å². The zero-order valence-electron chi connectivity index (χ0n) is 14.0. The van der Waals surface area contributed by atoms with E-state index in [9.17, 15) is 18.0 Å². The van der Waals surface area contributed by atoms with Gasteiger partial charge in [0.25, 0.3) is 5.91 Å². The van der Waals surface area contributed by atoms with Crippen LogP contribution in [0.5, 0.6) is 0 Å². The molecular weight excluding hydrogens is 347 g/mol. The van der Waals surface area contributed by atoms with Crippen LogP contribution in [0.25, 0.3) is 5.69 Å². The molecular formula is C17H20F3N5O. The van der Waals surface area contributed by atoms with E-state index in [1.54, 1.807) is 0 Å².